The smallest absolute Gasteiger partial charge is 0.432 e. The molecule has 1 fully saturated rings. The second-order valence-electron chi connectivity index (χ2n) is 10.7. The second kappa shape index (κ2) is 11.9. The molecule has 43 heavy (non-hydrogen) atoms. The highest BCUT2D eigenvalue weighted by atomic mass is 19.4. The van der Waals surface area contributed by atoms with Crippen molar-refractivity contribution in [3.63, 3.8) is 0 Å². The van der Waals surface area contributed by atoms with Gasteiger partial charge in [-0.2, -0.15) is 8.78 Å². The first kappa shape index (κ1) is 30.4. The van der Waals surface area contributed by atoms with E-state index in [1.807, 2.05) is 6.92 Å². The summed E-state index contributed by atoms with van der Waals surface area (Å²) < 4.78 is 119. The maximum Gasteiger partial charge on any atom is 0.573 e. The van der Waals surface area contributed by atoms with Crippen LogP contribution in [0.25, 0.3) is 33.4 Å². The zero-order valence-electron chi connectivity index (χ0n) is 22.8. The largest absolute Gasteiger partial charge is 0.573 e. The molecule has 1 saturated carbocycles. The topological polar surface area (TPSA) is 18.5 Å². The maximum absolute atomic E-state index is 15.1. The van der Waals surface area contributed by atoms with E-state index in [0.29, 0.717) is 36.0 Å². The van der Waals surface area contributed by atoms with Crippen molar-refractivity contribution >= 4 is 0 Å². The zero-order valence-corrected chi connectivity index (χ0v) is 22.8. The lowest BCUT2D eigenvalue weighted by Crippen LogP contribution is -2.36. The Bertz CT molecular complexity index is 1590. The van der Waals surface area contributed by atoms with Crippen molar-refractivity contribution in [1.82, 2.24) is 0 Å². The summed E-state index contributed by atoms with van der Waals surface area (Å²) in [5.74, 6) is -4.32. The zero-order chi connectivity index (χ0) is 30.9. The van der Waals surface area contributed by atoms with E-state index in [9.17, 15) is 30.7 Å². The fourth-order valence-electron chi connectivity index (χ4n) is 5.27. The van der Waals surface area contributed by atoms with Gasteiger partial charge in [0, 0.05) is 11.1 Å². The predicted molar refractivity (Wildman–Crippen MR) is 146 cm³/mol. The van der Waals surface area contributed by atoms with Gasteiger partial charge < -0.3 is 9.47 Å². The highest BCUT2D eigenvalue weighted by Crippen LogP contribution is 2.40. The summed E-state index contributed by atoms with van der Waals surface area (Å²) in [6, 6.07) is 16.4. The molecule has 0 aliphatic heterocycles. The number of rotatable bonds is 7. The first-order valence-electron chi connectivity index (χ1n) is 13.6. The fraction of sp³-hybridized carbons (Fsp3) is 0.273. The van der Waals surface area contributed by atoms with Crippen molar-refractivity contribution in [3.05, 3.63) is 96.3 Å². The number of ether oxygens (including phenoxy) is 2. The summed E-state index contributed by atoms with van der Waals surface area (Å²) in [6.45, 7) is 2.05. The molecule has 4 aromatic rings. The Balaban J connectivity index is 1.30. The molecule has 0 unspecified atom stereocenters. The number of hydrogen-bond acceptors (Lipinski definition) is 2. The van der Waals surface area contributed by atoms with Crippen LogP contribution in [0.1, 0.15) is 32.6 Å². The Morgan fingerprint density at radius 3 is 1.58 bits per heavy atom. The predicted octanol–water partition coefficient (Wildman–Crippen LogP) is 10.8. The van der Waals surface area contributed by atoms with Crippen LogP contribution < -0.4 is 9.47 Å². The van der Waals surface area contributed by atoms with Crippen molar-refractivity contribution in [2.24, 2.45) is 11.8 Å². The first-order valence-corrected chi connectivity index (χ1v) is 13.6. The highest BCUT2D eigenvalue weighted by Gasteiger charge is 2.43. The molecule has 10 heteroatoms. The van der Waals surface area contributed by atoms with Crippen molar-refractivity contribution in [2.45, 2.75) is 45.1 Å². The van der Waals surface area contributed by atoms with Crippen LogP contribution in [0, 0.1) is 29.3 Å². The van der Waals surface area contributed by atoms with Gasteiger partial charge in [0.25, 0.3) is 0 Å². The molecule has 0 bridgehead atoms. The van der Waals surface area contributed by atoms with Crippen LogP contribution in [0.3, 0.4) is 0 Å². The van der Waals surface area contributed by atoms with Gasteiger partial charge in [0.1, 0.15) is 17.4 Å². The Morgan fingerprint density at radius 2 is 1.05 bits per heavy atom. The molecular weight excluding hydrogens is 580 g/mol. The van der Waals surface area contributed by atoms with Gasteiger partial charge in [-0.1, -0.05) is 62.2 Å². The van der Waals surface area contributed by atoms with E-state index in [-0.39, 0.29) is 28.0 Å². The van der Waals surface area contributed by atoms with Crippen LogP contribution in [0.15, 0.2) is 78.9 Å². The van der Waals surface area contributed by atoms with Gasteiger partial charge in [-0.15, -0.1) is 13.2 Å². The van der Waals surface area contributed by atoms with Crippen molar-refractivity contribution in [2.75, 3.05) is 0 Å². The van der Waals surface area contributed by atoms with E-state index in [0.717, 1.165) is 31.0 Å². The fourth-order valence-corrected chi connectivity index (χ4v) is 5.27. The van der Waals surface area contributed by atoms with Gasteiger partial charge in [-0.3, -0.25) is 0 Å². The van der Waals surface area contributed by atoms with Gasteiger partial charge in [0.15, 0.2) is 11.6 Å². The van der Waals surface area contributed by atoms with Crippen LogP contribution in [0.5, 0.6) is 11.5 Å². The van der Waals surface area contributed by atoms with Gasteiger partial charge in [0.05, 0.1) is 5.92 Å². The van der Waals surface area contributed by atoms with Crippen LogP contribution in [-0.2, 0) is 0 Å². The quantitative estimate of drug-likeness (QED) is 0.195. The maximum atomic E-state index is 15.1. The molecule has 0 amide bonds. The summed E-state index contributed by atoms with van der Waals surface area (Å²) in [5, 5.41) is 0. The third-order valence-electron chi connectivity index (χ3n) is 7.65. The van der Waals surface area contributed by atoms with Gasteiger partial charge in [0.2, 0.25) is 0 Å². The summed E-state index contributed by atoms with van der Waals surface area (Å²) in [7, 11) is 0. The Hall–Kier alpha value is -4.08. The summed E-state index contributed by atoms with van der Waals surface area (Å²) in [4.78, 5) is 0. The third-order valence-corrected chi connectivity index (χ3v) is 7.65. The molecule has 0 radical (unpaired) electrons. The average Bonchev–Trinajstić information content (AvgIpc) is 2.94. The monoisotopic (exact) mass is 606 g/mol. The molecule has 0 spiro atoms. The lowest BCUT2D eigenvalue weighted by atomic mass is 9.82. The lowest BCUT2D eigenvalue weighted by molar-refractivity contribution is -0.275. The molecule has 0 aromatic heterocycles. The summed E-state index contributed by atoms with van der Waals surface area (Å²) in [5.41, 5.74) is 1.10. The summed E-state index contributed by atoms with van der Waals surface area (Å²) in [6.07, 6.45) is -6.11. The standard InChI is InChI=1S/C33H26F8O2/c1-19-2-9-24(10-3-19)32(37,38)42-25-11-4-20(5-12-25)21-6-13-26(28(34)16-21)22-7-14-27(29(35)17-22)23-8-15-31(30(36)18-23)43-33(39,40)41/h4-8,11-19,24H,2-3,9-10H2,1H3. The van der Waals surface area contributed by atoms with Gasteiger partial charge in [-0.25, -0.2) is 13.2 Å². The Kier molecular flexibility index (Phi) is 8.40. The number of halogens is 8. The minimum Gasteiger partial charge on any atom is -0.432 e. The number of benzene rings is 4. The van der Waals surface area contributed by atoms with E-state index < -0.39 is 41.6 Å². The van der Waals surface area contributed by atoms with E-state index in [1.54, 1.807) is 18.2 Å². The average molecular weight is 607 g/mol. The SMILES string of the molecule is CC1CCC(C(F)(F)Oc2ccc(-c3ccc(-c4ccc(-c5ccc(OC(F)(F)F)c(F)c5)c(F)c4)c(F)c3)cc2)CC1. The molecule has 4 aromatic carbocycles. The van der Waals surface area contributed by atoms with Crippen LogP contribution in [0.2, 0.25) is 0 Å². The molecular formula is C33H26F8O2. The molecule has 1 aliphatic carbocycles. The molecule has 0 atom stereocenters. The molecule has 0 heterocycles. The van der Waals surface area contributed by atoms with Gasteiger partial charge >= 0.3 is 12.5 Å². The van der Waals surface area contributed by atoms with Crippen LogP contribution in [-0.4, -0.2) is 12.5 Å². The van der Waals surface area contributed by atoms with E-state index in [1.165, 1.54) is 36.4 Å². The third kappa shape index (κ3) is 7.12. The lowest BCUT2D eigenvalue weighted by Gasteiger charge is -2.32. The first-order chi connectivity index (χ1) is 20.3. The van der Waals surface area contributed by atoms with Crippen molar-refractivity contribution in [1.29, 1.82) is 0 Å². The van der Waals surface area contributed by atoms with E-state index >= 15 is 4.39 Å². The number of hydrogen-bond donors (Lipinski definition) is 0. The van der Waals surface area contributed by atoms with Crippen molar-refractivity contribution < 1.29 is 44.6 Å². The van der Waals surface area contributed by atoms with E-state index in [2.05, 4.69) is 4.74 Å². The molecule has 1 aliphatic rings. The molecule has 226 valence electrons. The summed E-state index contributed by atoms with van der Waals surface area (Å²) >= 11 is 0. The minimum atomic E-state index is -5.09. The number of alkyl halides is 5. The van der Waals surface area contributed by atoms with Gasteiger partial charge in [-0.05, 0) is 77.4 Å². The Labute approximate surface area is 242 Å². The second-order valence-corrected chi connectivity index (χ2v) is 10.7. The molecule has 0 saturated heterocycles. The molecule has 0 N–H and O–H groups in total. The normalized spacial score (nSPS) is 17.5. The van der Waals surface area contributed by atoms with Crippen LogP contribution in [0.4, 0.5) is 35.1 Å². The Morgan fingerprint density at radius 1 is 0.558 bits per heavy atom. The van der Waals surface area contributed by atoms with Crippen LogP contribution >= 0.6 is 0 Å². The van der Waals surface area contributed by atoms with E-state index in [4.69, 9.17) is 4.74 Å². The molecule has 5 rings (SSSR count). The highest BCUT2D eigenvalue weighted by molar-refractivity contribution is 5.74. The molecule has 2 nitrogen and oxygen atoms in total. The minimum absolute atomic E-state index is 0.00225. The van der Waals surface area contributed by atoms with Crippen molar-refractivity contribution in [3.8, 4) is 44.9 Å².